The molecule has 3 aromatic rings. The van der Waals surface area contributed by atoms with Gasteiger partial charge in [-0.05, 0) is 37.1 Å². The number of fused-ring (bicyclic) bond motifs is 1. The number of rotatable bonds is 6. The normalized spacial score (nSPS) is 11.9. The van der Waals surface area contributed by atoms with Gasteiger partial charge in [0.2, 0.25) is 0 Å². The maximum atomic E-state index is 12.4. The number of methoxy groups -OCH3 is 1. The number of para-hydroxylation sites is 1. The van der Waals surface area contributed by atoms with Gasteiger partial charge in [-0.3, -0.25) is 9.59 Å². The van der Waals surface area contributed by atoms with Crippen molar-refractivity contribution in [2.75, 3.05) is 7.11 Å². The Morgan fingerprint density at radius 3 is 2.56 bits per heavy atom. The first kappa shape index (κ1) is 16.8. The fourth-order valence-corrected chi connectivity index (χ4v) is 2.84. The van der Waals surface area contributed by atoms with Gasteiger partial charge in [-0.2, -0.15) is 0 Å². The molecule has 0 aliphatic rings. The van der Waals surface area contributed by atoms with Crippen LogP contribution in [0.25, 0.3) is 10.9 Å². The molecule has 0 spiro atoms. The summed E-state index contributed by atoms with van der Waals surface area (Å²) in [6, 6.07) is 14.9. The highest BCUT2D eigenvalue weighted by molar-refractivity contribution is 6.45. The maximum Gasteiger partial charge on any atom is 0.292 e. The summed E-state index contributed by atoms with van der Waals surface area (Å²) in [5.41, 5.74) is 2.29. The summed E-state index contributed by atoms with van der Waals surface area (Å²) in [7, 11) is 1.62. The number of ketones is 1. The van der Waals surface area contributed by atoms with E-state index >= 15 is 0 Å². The zero-order valence-electron chi connectivity index (χ0n) is 14.2. The van der Waals surface area contributed by atoms with Gasteiger partial charge in [0.25, 0.3) is 11.7 Å². The van der Waals surface area contributed by atoms with Gasteiger partial charge < -0.3 is 15.0 Å². The Labute approximate surface area is 146 Å². The second-order valence-electron chi connectivity index (χ2n) is 6.00. The standard InChI is InChI=1S/C20H20N2O3/c1-13(11-14-7-9-15(25-2)10-8-14)22-20(24)19(23)17-12-21-18-6-4-3-5-16(17)18/h3-10,12-13,21H,11H2,1-2H3,(H,22,24). The Kier molecular flexibility index (Phi) is 4.84. The van der Waals surface area contributed by atoms with E-state index in [1.165, 1.54) is 0 Å². The van der Waals surface area contributed by atoms with Crippen LogP contribution in [-0.4, -0.2) is 29.8 Å². The lowest BCUT2D eigenvalue weighted by molar-refractivity contribution is -0.117. The largest absolute Gasteiger partial charge is 0.497 e. The molecule has 5 heteroatoms. The average Bonchev–Trinajstić information content (AvgIpc) is 3.05. The van der Waals surface area contributed by atoms with Crippen LogP contribution in [0.15, 0.2) is 54.7 Å². The minimum Gasteiger partial charge on any atom is -0.497 e. The van der Waals surface area contributed by atoms with Crippen LogP contribution < -0.4 is 10.1 Å². The molecule has 25 heavy (non-hydrogen) atoms. The first-order valence-electron chi connectivity index (χ1n) is 8.12. The van der Waals surface area contributed by atoms with Gasteiger partial charge in [-0.15, -0.1) is 0 Å². The molecule has 1 atom stereocenters. The van der Waals surface area contributed by atoms with Gasteiger partial charge >= 0.3 is 0 Å². The molecule has 128 valence electrons. The zero-order valence-corrected chi connectivity index (χ0v) is 14.2. The van der Waals surface area contributed by atoms with Crippen LogP contribution in [0.4, 0.5) is 0 Å². The Morgan fingerprint density at radius 1 is 1.12 bits per heavy atom. The molecule has 1 heterocycles. The number of H-pyrrole nitrogens is 1. The van der Waals surface area contributed by atoms with Crippen LogP contribution in [-0.2, 0) is 11.2 Å². The van der Waals surface area contributed by atoms with Crippen molar-refractivity contribution in [3.8, 4) is 5.75 Å². The minimum absolute atomic E-state index is 0.157. The van der Waals surface area contributed by atoms with Crippen molar-refractivity contribution < 1.29 is 14.3 Å². The average molecular weight is 336 g/mol. The van der Waals surface area contributed by atoms with Crippen LogP contribution in [0, 0.1) is 0 Å². The zero-order chi connectivity index (χ0) is 17.8. The second kappa shape index (κ2) is 7.21. The molecule has 0 aliphatic heterocycles. The molecule has 5 nitrogen and oxygen atoms in total. The van der Waals surface area contributed by atoms with E-state index in [0.717, 1.165) is 22.2 Å². The van der Waals surface area contributed by atoms with Gasteiger partial charge in [0, 0.05) is 23.1 Å². The lowest BCUT2D eigenvalue weighted by atomic mass is 10.1. The fraction of sp³-hybridized carbons (Fsp3) is 0.200. The van der Waals surface area contributed by atoms with Gasteiger partial charge in [0.1, 0.15) is 5.75 Å². The lowest BCUT2D eigenvalue weighted by Gasteiger charge is -2.13. The molecule has 0 aliphatic carbocycles. The lowest BCUT2D eigenvalue weighted by Crippen LogP contribution is -2.38. The van der Waals surface area contributed by atoms with E-state index in [2.05, 4.69) is 10.3 Å². The number of aromatic amines is 1. The van der Waals surface area contributed by atoms with Crippen molar-refractivity contribution in [3.05, 3.63) is 65.9 Å². The number of carbonyl (C=O) groups excluding carboxylic acids is 2. The molecule has 2 aromatic carbocycles. The third-order valence-corrected chi connectivity index (χ3v) is 4.12. The van der Waals surface area contributed by atoms with Crippen molar-refractivity contribution in [2.45, 2.75) is 19.4 Å². The molecule has 1 amide bonds. The van der Waals surface area contributed by atoms with Crippen LogP contribution in [0.5, 0.6) is 5.75 Å². The summed E-state index contributed by atoms with van der Waals surface area (Å²) >= 11 is 0. The molecule has 0 saturated carbocycles. The number of ether oxygens (including phenoxy) is 1. The Hall–Kier alpha value is -3.08. The fourth-order valence-electron chi connectivity index (χ4n) is 2.84. The van der Waals surface area contributed by atoms with E-state index in [0.29, 0.717) is 12.0 Å². The summed E-state index contributed by atoms with van der Waals surface area (Å²) < 4.78 is 5.13. The first-order chi connectivity index (χ1) is 12.1. The van der Waals surface area contributed by atoms with E-state index in [-0.39, 0.29) is 6.04 Å². The topological polar surface area (TPSA) is 71.2 Å². The number of hydrogen-bond acceptors (Lipinski definition) is 3. The van der Waals surface area contributed by atoms with Crippen LogP contribution >= 0.6 is 0 Å². The van der Waals surface area contributed by atoms with E-state index < -0.39 is 11.7 Å². The minimum atomic E-state index is -0.592. The number of Topliss-reactive ketones (excluding diaryl/α,β-unsaturated/α-hetero) is 1. The summed E-state index contributed by atoms with van der Waals surface area (Å²) in [4.78, 5) is 27.7. The van der Waals surface area contributed by atoms with Crippen molar-refractivity contribution in [2.24, 2.45) is 0 Å². The number of carbonyl (C=O) groups is 2. The van der Waals surface area contributed by atoms with E-state index in [9.17, 15) is 9.59 Å². The number of nitrogens with one attached hydrogen (secondary N) is 2. The maximum absolute atomic E-state index is 12.4. The number of amides is 1. The van der Waals surface area contributed by atoms with E-state index in [1.54, 1.807) is 13.3 Å². The summed E-state index contributed by atoms with van der Waals surface area (Å²) in [5.74, 6) is -0.334. The molecular weight excluding hydrogens is 316 g/mol. The highest BCUT2D eigenvalue weighted by Gasteiger charge is 2.21. The van der Waals surface area contributed by atoms with Gasteiger partial charge in [-0.25, -0.2) is 0 Å². The monoisotopic (exact) mass is 336 g/mol. The van der Waals surface area contributed by atoms with E-state index in [1.807, 2.05) is 55.5 Å². The van der Waals surface area contributed by atoms with Gasteiger partial charge in [-0.1, -0.05) is 30.3 Å². The number of benzene rings is 2. The predicted molar refractivity (Wildman–Crippen MR) is 96.9 cm³/mol. The molecule has 3 rings (SSSR count). The predicted octanol–water partition coefficient (Wildman–Crippen LogP) is 3.11. The molecular formula is C20H20N2O3. The van der Waals surface area contributed by atoms with Crippen molar-refractivity contribution in [1.82, 2.24) is 10.3 Å². The highest BCUT2D eigenvalue weighted by Crippen LogP contribution is 2.18. The smallest absolute Gasteiger partial charge is 0.292 e. The van der Waals surface area contributed by atoms with Crippen molar-refractivity contribution in [3.63, 3.8) is 0 Å². The second-order valence-corrected chi connectivity index (χ2v) is 6.00. The first-order valence-corrected chi connectivity index (χ1v) is 8.12. The van der Waals surface area contributed by atoms with E-state index in [4.69, 9.17) is 4.74 Å². The van der Waals surface area contributed by atoms with Crippen molar-refractivity contribution >= 4 is 22.6 Å². The quantitative estimate of drug-likeness (QED) is 0.537. The molecule has 0 saturated heterocycles. The van der Waals surface area contributed by atoms with Crippen molar-refractivity contribution in [1.29, 1.82) is 0 Å². The molecule has 0 fully saturated rings. The number of aromatic nitrogens is 1. The van der Waals surface area contributed by atoms with Crippen LogP contribution in [0.3, 0.4) is 0 Å². The Morgan fingerprint density at radius 2 is 1.84 bits per heavy atom. The molecule has 0 radical (unpaired) electrons. The molecule has 2 N–H and O–H groups in total. The van der Waals surface area contributed by atoms with Gasteiger partial charge in [0.15, 0.2) is 0 Å². The van der Waals surface area contributed by atoms with Gasteiger partial charge in [0.05, 0.1) is 12.7 Å². The number of hydrogen-bond donors (Lipinski definition) is 2. The summed E-state index contributed by atoms with van der Waals surface area (Å²) in [6.45, 7) is 1.88. The SMILES string of the molecule is COc1ccc(CC(C)NC(=O)C(=O)c2c[nH]c3ccccc23)cc1. The summed E-state index contributed by atoms with van der Waals surface area (Å²) in [6.07, 6.45) is 2.22. The highest BCUT2D eigenvalue weighted by atomic mass is 16.5. The Balaban J connectivity index is 1.65. The van der Waals surface area contributed by atoms with Crippen LogP contribution in [0.1, 0.15) is 22.8 Å². The molecule has 0 bridgehead atoms. The third kappa shape index (κ3) is 3.71. The third-order valence-electron chi connectivity index (χ3n) is 4.12. The summed E-state index contributed by atoms with van der Waals surface area (Å²) in [5, 5.41) is 3.53. The molecule has 1 unspecified atom stereocenters. The Bertz CT molecular complexity index is 897. The molecule has 1 aromatic heterocycles. The van der Waals surface area contributed by atoms with Crippen LogP contribution in [0.2, 0.25) is 0 Å².